The number of piperidine rings is 1. The van der Waals surface area contributed by atoms with Crippen LogP contribution in [0, 0.1) is 5.92 Å². The molecular weight excluding hydrogens is 236 g/mol. The molecule has 0 bridgehead atoms. The molecule has 1 saturated heterocycles. The summed E-state index contributed by atoms with van der Waals surface area (Å²) in [6.45, 7) is 5.70. The van der Waals surface area contributed by atoms with Gasteiger partial charge in [0.2, 0.25) is 0 Å². The molecule has 1 aliphatic rings. The van der Waals surface area contributed by atoms with Gasteiger partial charge in [0.05, 0.1) is 7.11 Å². The van der Waals surface area contributed by atoms with Crippen LogP contribution in [0.25, 0.3) is 0 Å². The third kappa shape index (κ3) is 3.71. The topological polar surface area (TPSA) is 24.5 Å². The van der Waals surface area contributed by atoms with E-state index < -0.39 is 0 Å². The molecule has 1 aromatic carbocycles. The Kier molecular flexibility index (Phi) is 5.23. The van der Waals surface area contributed by atoms with Crippen LogP contribution in [0.4, 0.5) is 0 Å². The molecule has 2 unspecified atom stereocenters. The Morgan fingerprint density at radius 3 is 2.95 bits per heavy atom. The quantitative estimate of drug-likeness (QED) is 0.882. The van der Waals surface area contributed by atoms with E-state index in [1.165, 1.54) is 31.5 Å². The maximum absolute atomic E-state index is 5.29. The molecule has 1 fully saturated rings. The second-order valence-corrected chi connectivity index (χ2v) is 5.44. The summed E-state index contributed by atoms with van der Waals surface area (Å²) < 4.78 is 5.29. The average Bonchev–Trinajstić information content (AvgIpc) is 2.47. The van der Waals surface area contributed by atoms with Crippen LogP contribution in [0.2, 0.25) is 0 Å². The van der Waals surface area contributed by atoms with Crippen molar-refractivity contribution >= 4 is 0 Å². The number of hydrogen-bond acceptors (Lipinski definition) is 3. The van der Waals surface area contributed by atoms with Gasteiger partial charge in [-0.2, -0.15) is 0 Å². The zero-order chi connectivity index (χ0) is 13.7. The molecule has 1 aromatic rings. The molecule has 1 aliphatic heterocycles. The lowest BCUT2D eigenvalue weighted by atomic mass is 9.90. The lowest BCUT2D eigenvalue weighted by Crippen LogP contribution is -2.47. The van der Waals surface area contributed by atoms with Crippen LogP contribution in [0.15, 0.2) is 24.3 Å². The van der Waals surface area contributed by atoms with Crippen molar-refractivity contribution in [2.45, 2.75) is 32.4 Å². The van der Waals surface area contributed by atoms with Crippen LogP contribution >= 0.6 is 0 Å². The molecule has 1 N–H and O–H groups in total. The maximum atomic E-state index is 5.29. The standard InChI is InChI=1S/C16H26N2O/c1-4-14-12-18(9-8-16(14)17-2)11-13-6-5-7-15(10-13)19-3/h5-7,10,14,16-17H,4,8-9,11-12H2,1-3H3. The molecule has 0 aromatic heterocycles. The number of ether oxygens (including phenoxy) is 1. The molecule has 2 atom stereocenters. The normalized spacial score (nSPS) is 24.4. The van der Waals surface area contributed by atoms with Gasteiger partial charge in [-0.05, 0) is 43.6 Å². The second kappa shape index (κ2) is 6.92. The minimum Gasteiger partial charge on any atom is -0.497 e. The van der Waals surface area contributed by atoms with Crippen molar-refractivity contribution in [2.24, 2.45) is 5.92 Å². The SMILES string of the molecule is CCC1CN(Cc2cccc(OC)c2)CCC1NC. The molecule has 0 amide bonds. The summed E-state index contributed by atoms with van der Waals surface area (Å²) in [7, 11) is 3.82. The van der Waals surface area contributed by atoms with Crippen molar-refractivity contribution in [1.82, 2.24) is 10.2 Å². The van der Waals surface area contributed by atoms with Crippen molar-refractivity contribution in [3.05, 3.63) is 29.8 Å². The number of rotatable bonds is 5. The minimum absolute atomic E-state index is 0.687. The van der Waals surface area contributed by atoms with E-state index in [2.05, 4.69) is 42.4 Å². The van der Waals surface area contributed by atoms with Gasteiger partial charge in [0.25, 0.3) is 0 Å². The number of hydrogen-bond donors (Lipinski definition) is 1. The Morgan fingerprint density at radius 2 is 2.26 bits per heavy atom. The van der Waals surface area contributed by atoms with Crippen LogP contribution in [-0.4, -0.2) is 38.2 Å². The summed E-state index contributed by atoms with van der Waals surface area (Å²) in [4.78, 5) is 2.57. The molecule has 1 heterocycles. The van der Waals surface area contributed by atoms with E-state index >= 15 is 0 Å². The zero-order valence-corrected chi connectivity index (χ0v) is 12.4. The fourth-order valence-corrected chi connectivity index (χ4v) is 3.07. The van der Waals surface area contributed by atoms with Crippen molar-refractivity contribution < 1.29 is 4.74 Å². The van der Waals surface area contributed by atoms with E-state index in [1.54, 1.807) is 7.11 Å². The van der Waals surface area contributed by atoms with Gasteiger partial charge in [-0.1, -0.05) is 25.5 Å². The van der Waals surface area contributed by atoms with Gasteiger partial charge in [-0.3, -0.25) is 4.90 Å². The van der Waals surface area contributed by atoms with Crippen molar-refractivity contribution in [3.63, 3.8) is 0 Å². The highest BCUT2D eigenvalue weighted by atomic mass is 16.5. The summed E-state index contributed by atoms with van der Waals surface area (Å²) in [5, 5.41) is 3.46. The Labute approximate surface area is 116 Å². The van der Waals surface area contributed by atoms with Crippen molar-refractivity contribution in [1.29, 1.82) is 0 Å². The monoisotopic (exact) mass is 262 g/mol. The molecule has 19 heavy (non-hydrogen) atoms. The molecule has 3 heteroatoms. The van der Waals surface area contributed by atoms with E-state index in [4.69, 9.17) is 4.74 Å². The van der Waals surface area contributed by atoms with Gasteiger partial charge in [-0.15, -0.1) is 0 Å². The van der Waals surface area contributed by atoms with Crippen LogP contribution in [-0.2, 0) is 6.54 Å². The largest absolute Gasteiger partial charge is 0.497 e. The summed E-state index contributed by atoms with van der Waals surface area (Å²) in [6.07, 6.45) is 2.50. The average molecular weight is 262 g/mol. The van der Waals surface area contributed by atoms with Gasteiger partial charge >= 0.3 is 0 Å². The van der Waals surface area contributed by atoms with Crippen LogP contribution < -0.4 is 10.1 Å². The number of nitrogens with zero attached hydrogens (tertiary/aromatic N) is 1. The highest BCUT2D eigenvalue weighted by molar-refractivity contribution is 5.28. The number of benzene rings is 1. The molecule has 2 rings (SSSR count). The third-order valence-electron chi connectivity index (χ3n) is 4.25. The first-order valence-corrected chi connectivity index (χ1v) is 7.29. The van der Waals surface area contributed by atoms with E-state index in [1.807, 2.05) is 6.07 Å². The Balaban J connectivity index is 1.96. The van der Waals surface area contributed by atoms with E-state index in [0.717, 1.165) is 18.2 Å². The van der Waals surface area contributed by atoms with Gasteiger partial charge in [0.1, 0.15) is 5.75 Å². The number of methoxy groups -OCH3 is 1. The highest BCUT2D eigenvalue weighted by Gasteiger charge is 2.26. The zero-order valence-electron chi connectivity index (χ0n) is 12.4. The highest BCUT2D eigenvalue weighted by Crippen LogP contribution is 2.22. The minimum atomic E-state index is 0.687. The lowest BCUT2D eigenvalue weighted by Gasteiger charge is -2.38. The molecule has 3 nitrogen and oxygen atoms in total. The third-order valence-corrected chi connectivity index (χ3v) is 4.25. The maximum Gasteiger partial charge on any atom is 0.119 e. The number of likely N-dealkylation sites (tertiary alicyclic amines) is 1. The first-order chi connectivity index (χ1) is 9.26. The summed E-state index contributed by atoms with van der Waals surface area (Å²) in [5.74, 6) is 1.72. The smallest absolute Gasteiger partial charge is 0.119 e. The predicted octanol–water partition coefficient (Wildman–Crippen LogP) is 2.52. The van der Waals surface area contributed by atoms with Gasteiger partial charge in [0, 0.05) is 19.1 Å². The van der Waals surface area contributed by atoms with E-state index in [0.29, 0.717) is 6.04 Å². The molecule has 0 radical (unpaired) electrons. The summed E-state index contributed by atoms with van der Waals surface area (Å²) in [5.41, 5.74) is 1.34. The van der Waals surface area contributed by atoms with E-state index in [-0.39, 0.29) is 0 Å². The van der Waals surface area contributed by atoms with Gasteiger partial charge in [0.15, 0.2) is 0 Å². The molecule has 0 spiro atoms. The van der Waals surface area contributed by atoms with E-state index in [9.17, 15) is 0 Å². The van der Waals surface area contributed by atoms with Crippen molar-refractivity contribution in [3.8, 4) is 5.75 Å². The predicted molar refractivity (Wildman–Crippen MR) is 79.5 cm³/mol. The fraction of sp³-hybridized carbons (Fsp3) is 0.625. The van der Waals surface area contributed by atoms with Gasteiger partial charge < -0.3 is 10.1 Å². The fourth-order valence-electron chi connectivity index (χ4n) is 3.07. The van der Waals surface area contributed by atoms with Crippen molar-refractivity contribution in [2.75, 3.05) is 27.2 Å². The number of nitrogens with one attached hydrogen (secondary N) is 1. The molecule has 106 valence electrons. The molecular formula is C16H26N2O. The first-order valence-electron chi connectivity index (χ1n) is 7.29. The van der Waals surface area contributed by atoms with Crippen LogP contribution in [0.3, 0.4) is 0 Å². The summed E-state index contributed by atoms with van der Waals surface area (Å²) >= 11 is 0. The first kappa shape index (κ1) is 14.4. The molecule has 0 aliphatic carbocycles. The Hall–Kier alpha value is -1.06. The van der Waals surface area contributed by atoms with Crippen LogP contribution in [0.5, 0.6) is 5.75 Å². The Morgan fingerprint density at radius 1 is 1.42 bits per heavy atom. The second-order valence-electron chi connectivity index (χ2n) is 5.44. The summed E-state index contributed by atoms with van der Waals surface area (Å²) in [6, 6.07) is 9.10. The lowest BCUT2D eigenvalue weighted by molar-refractivity contribution is 0.132. The van der Waals surface area contributed by atoms with Gasteiger partial charge in [-0.25, -0.2) is 0 Å². The Bertz CT molecular complexity index is 394. The van der Waals surface area contributed by atoms with Crippen LogP contribution in [0.1, 0.15) is 25.3 Å². The molecule has 0 saturated carbocycles.